The van der Waals surface area contributed by atoms with Crippen LogP contribution in [0.15, 0.2) is 0 Å². The van der Waals surface area contributed by atoms with Gasteiger partial charge in [0.15, 0.2) is 5.41 Å². The second-order valence-corrected chi connectivity index (χ2v) is 6.15. The number of hydrogen-bond acceptors (Lipinski definition) is 2. The van der Waals surface area contributed by atoms with Crippen molar-refractivity contribution in [2.24, 2.45) is 29.1 Å². The summed E-state index contributed by atoms with van der Waals surface area (Å²) in [5, 5.41) is 19.1. The first-order valence-corrected chi connectivity index (χ1v) is 6.89. The third kappa shape index (κ3) is 1.65. The number of aliphatic carboxylic acids is 2. The van der Waals surface area contributed by atoms with Crippen LogP contribution in [0, 0.1) is 29.1 Å². The standard InChI is InChI=1S/C14H22O4/c1-8-7-9(2)14(12(15)16,13(17)18)11-6-4-3-5-10(8)11/h8-11H,3-7H2,1-2H3,(H,15,16)(H,17,18). The molecule has 2 N–H and O–H groups in total. The fourth-order valence-electron chi connectivity index (χ4n) is 4.52. The lowest BCUT2D eigenvalue weighted by atomic mass is 9.50. The molecule has 0 aromatic carbocycles. The highest BCUT2D eigenvalue weighted by atomic mass is 16.4. The topological polar surface area (TPSA) is 74.6 Å². The minimum Gasteiger partial charge on any atom is -0.480 e. The van der Waals surface area contributed by atoms with E-state index in [1.54, 1.807) is 6.92 Å². The van der Waals surface area contributed by atoms with Crippen LogP contribution in [0.1, 0.15) is 46.0 Å². The third-order valence-electron chi connectivity index (χ3n) is 5.35. The molecule has 2 saturated carbocycles. The molecule has 0 heterocycles. The van der Waals surface area contributed by atoms with Crippen molar-refractivity contribution < 1.29 is 19.8 Å². The number of rotatable bonds is 2. The van der Waals surface area contributed by atoms with Crippen LogP contribution in [0.25, 0.3) is 0 Å². The highest BCUT2D eigenvalue weighted by Crippen LogP contribution is 2.56. The molecule has 2 aliphatic rings. The quantitative estimate of drug-likeness (QED) is 0.743. The minimum atomic E-state index is -1.56. The monoisotopic (exact) mass is 254 g/mol. The van der Waals surface area contributed by atoms with Crippen LogP contribution in [0.3, 0.4) is 0 Å². The summed E-state index contributed by atoms with van der Waals surface area (Å²) in [6.45, 7) is 3.94. The Kier molecular flexibility index (Phi) is 3.39. The van der Waals surface area contributed by atoms with Gasteiger partial charge in [0.2, 0.25) is 0 Å². The Morgan fingerprint density at radius 3 is 2.17 bits per heavy atom. The molecule has 0 radical (unpaired) electrons. The first-order chi connectivity index (χ1) is 8.42. The van der Waals surface area contributed by atoms with Gasteiger partial charge in [0, 0.05) is 0 Å². The summed E-state index contributed by atoms with van der Waals surface area (Å²) in [5.74, 6) is -2.04. The normalized spacial score (nSPS) is 38.8. The van der Waals surface area contributed by atoms with E-state index in [9.17, 15) is 19.8 Å². The zero-order valence-electron chi connectivity index (χ0n) is 11.1. The van der Waals surface area contributed by atoms with Gasteiger partial charge in [-0.3, -0.25) is 9.59 Å². The van der Waals surface area contributed by atoms with Crippen LogP contribution < -0.4 is 0 Å². The fourth-order valence-corrected chi connectivity index (χ4v) is 4.52. The number of carbonyl (C=O) groups is 2. The van der Waals surface area contributed by atoms with Crippen LogP contribution in [0.5, 0.6) is 0 Å². The van der Waals surface area contributed by atoms with Crippen molar-refractivity contribution in [3.63, 3.8) is 0 Å². The summed E-state index contributed by atoms with van der Waals surface area (Å²) in [6, 6.07) is 0. The average Bonchev–Trinajstić information content (AvgIpc) is 2.28. The summed E-state index contributed by atoms with van der Waals surface area (Å²) >= 11 is 0. The highest BCUT2D eigenvalue weighted by molar-refractivity contribution is 5.99. The molecule has 2 aliphatic carbocycles. The predicted molar refractivity (Wildman–Crippen MR) is 66.1 cm³/mol. The molecule has 4 atom stereocenters. The fraction of sp³-hybridized carbons (Fsp3) is 0.857. The molecule has 4 heteroatoms. The largest absolute Gasteiger partial charge is 0.480 e. The summed E-state index contributed by atoms with van der Waals surface area (Å²) in [4.78, 5) is 23.4. The SMILES string of the molecule is CC1CC(C)C(C(=O)O)(C(=O)O)C2CCCCC12. The van der Waals surface area contributed by atoms with Gasteiger partial charge in [0.1, 0.15) is 0 Å². The van der Waals surface area contributed by atoms with E-state index in [4.69, 9.17) is 0 Å². The molecule has 0 aliphatic heterocycles. The van der Waals surface area contributed by atoms with Crippen molar-refractivity contribution in [3.8, 4) is 0 Å². The Labute approximate surface area is 107 Å². The van der Waals surface area contributed by atoms with Gasteiger partial charge >= 0.3 is 11.9 Å². The Hall–Kier alpha value is -1.06. The van der Waals surface area contributed by atoms with Gasteiger partial charge in [-0.25, -0.2) is 0 Å². The molecule has 0 saturated heterocycles. The summed E-state index contributed by atoms with van der Waals surface area (Å²) in [7, 11) is 0. The second-order valence-electron chi connectivity index (χ2n) is 6.15. The van der Waals surface area contributed by atoms with E-state index in [1.165, 1.54) is 0 Å². The maximum absolute atomic E-state index is 11.7. The van der Waals surface area contributed by atoms with E-state index in [-0.39, 0.29) is 17.8 Å². The summed E-state index contributed by atoms with van der Waals surface area (Å²) < 4.78 is 0. The minimum absolute atomic E-state index is 0.194. The van der Waals surface area contributed by atoms with Gasteiger partial charge in [-0.05, 0) is 42.9 Å². The molecule has 102 valence electrons. The van der Waals surface area contributed by atoms with Gasteiger partial charge in [0.05, 0.1) is 0 Å². The first-order valence-electron chi connectivity index (χ1n) is 6.89. The Morgan fingerprint density at radius 1 is 1.06 bits per heavy atom. The van der Waals surface area contributed by atoms with E-state index < -0.39 is 17.4 Å². The molecule has 4 nitrogen and oxygen atoms in total. The van der Waals surface area contributed by atoms with E-state index in [0.717, 1.165) is 25.7 Å². The van der Waals surface area contributed by atoms with E-state index in [2.05, 4.69) is 6.92 Å². The number of hydrogen-bond donors (Lipinski definition) is 2. The van der Waals surface area contributed by atoms with Crippen LogP contribution in [0.2, 0.25) is 0 Å². The van der Waals surface area contributed by atoms with Gasteiger partial charge in [-0.15, -0.1) is 0 Å². The molecular formula is C14H22O4. The Balaban J connectivity index is 2.47. The van der Waals surface area contributed by atoms with Crippen LogP contribution in [-0.2, 0) is 9.59 Å². The van der Waals surface area contributed by atoms with Crippen molar-refractivity contribution in [2.75, 3.05) is 0 Å². The average molecular weight is 254 g/mol. The molecule has 0 spiro atoms. The van der Waals surface area contributed by atoms with Crippen molar-refractivity contribution >= 4 is 11.9 Å². The van der Waals surface area contributed by atoms with Crippen molar-refractivity contribution in [3.05, 3.63) is 0 Å². The number of carboxylic acids is 2. The molecule has 0 aromatic heterocycles. The smallest absolute Gasteiger partial charge is 0.321 e. The van der Waals surface area contributed by atoms with Gasteiger partial charge in [-0.2, -0.15) is 0 Å². The molecule has 0 bridgehead atoms. The molecule has 4 unspecified atom stereocenters. The van der Waals surface area contributed by atoms with E-state index >= 15 is 0 Å². The molecule has 2 fully saturated rings. The summed E-state index contributed by atoms with van der Waals surface area (Å²) in [5.41, 5.74) is -1.56. The maximum Gasteiger partial charge on any atom is 0.321 e. The lowest BCUT2D eigenvalue weighted by Crippen LogP contribution is -2.57. The molecule has 0 amide bonds. The van der Waals surface area contributed by atoms with Gasteiger partial charge in [-0.1, -0.05) is 26.7 Å². The van der Waals surface area contributed by atoms with Gasteiger partial charge < -0.3 is 10.2 Å². The van der Waals surface area contributed by atoms with Crippen LogP contribution in [0.4, 0.5) is 0 Å². The van der Waals surface area contributed by atoms with Crippen molar-refractivity contribution in [2.45, 2.75) is 46.0 Å². The van der Waals surface area contributed by atoms with Crippen LogP contribution >= 0.6 is 0 Å². The van der Waals surface area contributed by atoms with Crippen molar-refractivity contribution in [1.29, 1.82) is 0 Å². The third-order valence-corrected chi connectivity index (χ3v) is 5.35. The Morgan fingerprint density at radius 2 is 1.61 bits per heavy atom. The first kappa shape index (κ1) is 13.4. The number of fused-ring (bicyclic) bond motifs is 1. The maximum atomic E-state index is 11.7. The zero-order valence-corrected chi connectivity index (χ0v) is 11.1. The Bertz CT molecular complexity index is 349. The van der Waals surface area contributed by atoms with Crippen LogP contribution in [-0.4, -0.2) is 22.2 Å². The number of carboxylic acid groups (broad SMARTS) is 2. The summed E-state index contributed by atoms with van der Waals surface area (Å²) in [6.07, 6.45) is 4.51. The highest BCUT2D eigenvalue weighted by Gasteiger charge is 2.62. The second kappa shape index (κ2) is 4.56. The lowest BCUT2D eigenvalue weighted by molar-refractivity contribution is -0.185. The van der Waals surface area contributed by atoms with Gasteiger partial charge in [0.25, 0.3) is 0 Å². The lowest BCUT2D eigenvalue weighted by Gasteiger charge is -2.51. The van der Waals surface area contributed by atoms with E-state index in [0.29, 0.717) is 12.3 Å². The zero-order chi connectivity index (χ0) is 13.5. The molecule has 0 aromatic rings. The molecular weight excluding hydrogens is 232 g/mol. The van der Waals surface area contributed by atoms with Crippen molar-refractivity contribution in [1.82, 2.24) is 0 Å². The van der Waals surface area contributed by atoms with E-state index in [1.807, 2.05) is 0 Å². The molecule has 18 heavy (non-hydrogen) atoms. The predicted octanol–water partition coefficient (Wildman–Crippen LogP) is 2.62. The molecule has 2 rings (SSSR count).